The number of nitrogens with one attached hydrogen (secondary N) is 1. The number of hydrogen-bond acceptors (Lipinski definition) is 4. The molecule has 0 saturated carbocycles. The topological polar surface area (TPSA) is 98.2 Å². The molecule has 2 rings (SSSR count). The minimum absolute atomic E-state index is 0.0732. The maximum atomic E-state index is 13.3. The SMILES string of the molecule is Cc1cc(F)cc(Nc2ccc(S(N)(=O)=O)cc2N)c1. The molecule has 106 valence electrons. The van der Waals surface area contributed by atoms with Gasteiger partial charge in [0.25, 0.3) is 0 Å². The van der Waals surface area contributed by atoms with E-state index in [1.807, 2.05) is 0 Å². The van der Waals surface area contributed by atoms with Gasteiger partial charge in [0.15, 0.2) is 0 Å². The Morgan fingerprint density at radius 2 is 1.85 bits per heavy atom. The molecule has 0 amide bonds. The van der Waals surface area contributed by atoms with Crippen LogP contribution in [0.2, 0.25) is 0 Å². The van der Waals surface area contributed by atoms with Gasteiger partial charge in [0.2, 0.25) is 10.0 Å². The van der Waals surface area contributed by atoms with Gasteiger partial charge < -0.3 is 11.1 Å². The Morgan fingerprint density at radius 1 is 1.15 bits per heavy atom. The van der Waals surface area contributed by atoms with Crippen molar-refractivity contribution in [1.29, 1.82) is 0 Å². The molecule has 0 radical (unpaired) electrons. The Kier molecular flexibility index (Phi) is 3.65. The van der Waals surface area contributed by atoms with E-state index in [-0.39, 0.29) is 16.4 Å². The predicted octanol–water partition coefficient (Wildman–Crippen LogP) is 2.11. The minimum atomic E-state index is -3.80. The molecule has 0 bridgehead atoms. The fraction of sp³-hybridized carbons (Fsp3) is 0.0769. The molecule has 0 saturated heterocycles. The Bertz CT molecular complexity index is 740. The van der Waals surface area contributed by atoms with Crippen molar-refractivity contribution in [3.05, 3.63) is 47.8 Å². The molecule has 2 aromatic carbocycles. The standard InChI is InChI=1S/C13H14FN3O2S/c1-8-4-9(14)6-10(5-8)17-13-3-2-11(7-12(13)15)20(16,18)19/h2-7,17H,15H2,1H3,(H2,16,18,19). The second-order valence-corrected chi connectivity index (χ2v) is 6.00. The first-order valence-electron chi connectivity index (χ1n) is 5.72. The summed E-state index contributed by atoms with van der Waals surface area (Å²) in [4.78, 5) is -0.0732. The van der Waals surface area contributed by atoms with Crippen LogP contribution in [0.15, 0.2) is 41.3 Å². The number of nitrogens with two attached hydrogens (primary N) is 2. The molecular weight excluding hydrogens is 281 g/mol. The largest absolute Gasteiger partial charge is 0.397 e. The van der Waals surface area contributed by atoms with Gasteiger partial charge in [0.1, 0.15) is 5.82 Å². The van der Waals surface area contributed by atoms with E-state index >= 15 is 0 Å². The molecule has 0 fully saturated rings. The van der Waals surface area contributed by atoms with Gasteiger partial charge in [-0.1, -0.05) is 0 Å². The van der Waals surface area contributed by atoms with Crippen molar-refractivity contribution in [1.82, 2.24) is 0 Å². The number of halogens is 1. The smallest absolute Gasteiger partial charge is 0.238 e. The molecule has 2 aromatic rings. The van der Waals surface area contributed by atoms with Gasteiger partial charge in [0.05, 0.1) is 16.3 Å². The number of sulfonamides is 1. The Balaban J connectivity index is 2.35. The summed E-state index contributed by atoms with van der Waals surface area (Å²) in [5.41, 5.74) is 7.73. The van der Waals surface area contributed by atoms with Gasteiger partial charge in [-0.15, -0.1) is 0 Å². The fourth-order valence-corrected chi connectivity index (χ4v) is 2.34. The van der Waals surface area contributed by atoms with Crippen LogP contribution in [0.25, 0.3) is 0 Å². The van der Waals surface area contributed by atoms with Gasteiger partial charge in [-0.05, 0) is 48.9 Å². The molecule has 5 N–H and O–H groups in total. The van der Waals surface area contributed by atoms with E-state index in [9.17, 15) is 12.8 Å². The lowest BCUT2D eigenvalue weighted by atomic mass is 10.2. The third-order valence-corrected chi connectivity index (χ3v) is 3.58. The number of aryl methyl sites for hydroxylation is 1. The van der Waals surface area contributed by atoms with Crippen LogP contribution in [0.5, 0.6) is 0 Å². The van der Waals surface area contributed by atoms with E-state index in [2.05, 4.69) is 5.32 Å². The third-order valence-electron chi connectivity index (χ3n) is 2.67. The second kappa shape index (κ2) is 5.10. The van der Waals surface area contributed by atoms with Crippen LogP contribution < -0.4 is 16.2 Å². The van der Waals surface area contributed by atoms with Crippen molar-refractivity contribution in [2.45, 2.75) is 11.8 Å². The molecule has 5 nitrogen and oxygen atoms in total. The van der Waals surface area contributed by atoms with Crippen LogP contribution in [-0.4, -0.2) is 8.42 Å². The van der Waals surface area contributed by atoms with Gasteiger partial charge in [-0.3, -0.25) is 0 Å². The van der Waals surface area contributed by atoms with E-state index in [4.69, 9.17) is 10.9 Å². The predicted molar refractivity (Wildman–Crippen MR) is 76.6 cm³/mol. The van der Waals surface area contributed by atoms with Crippen molar-refractivity contribution in [3.8, 4) is 0 Å². The summed E-state index contributed by atoms with van der Waals surface area (Å²) < 4.78 is 35.7. The Hall–Kier alpha value is -2.12. The van der Waals surface area contributed by atoms with E-state index < -0.39 is 10.0 Å². The highest BCUT2D eigenvalue weighted by molar-refractivity contribution is 7.89. The zero-order valence-corrected chi connectivity index (χ0v) is 11.5. The van der Waals surface area contributed by atoms with Gasteiger partial charge in [0, 0.05) is 5.69 Å². The van der Waals surface area contributed by atoms with E-state index in [1.165, 1.54) is 30.3 Å². The number of primary sulfonamides is 1. The maximum Gasteiger partial charge on any atom is 0.238 e. The summed E-state index contributed by atoms with van der Waals surface area (Å²) in [7, 11) is -3.80. The van der Waals surface area contributed by atoms with Crippen LogP contribution in [-0.2, 0) is 10.0 Å². The van der Waals surface area contributed by atoms with E-state index in [0.29, 0.717) is 11.4 Å². The lowest BCUT2D eigenvalue weighted by Gasteiger charge is -2.11. The average molecular weight is 295 g/mol. The van der Waals surface area contributed by atoms with Gasteiger partial charge >= 0.3 is 0 Å². The molecule has 0 aliphatic heterocycles. The fourth-order valence-electron chi connectivity index (χ4n) is 1.80. The third kappa shape index (κ3) is 3.25. The van der Waals surface area contributed by atoms with Crippen LogP contribution in [0.3, 0.4) is 0 Å². The van der Waals surface area contributed by atoms with Crippen LogP contribution in [0.1, 0.15) is 5.56 Å². The molecule has 0 aliphatic rings. The number of rotatable bonds is 3. The molecular formula is C13H14FN3O2S. The first kappa shape index (κ1) is 14.3. The molecule has 0 unspecified atom stereocenters. The monoisotopic (exact) mass is 295 g/mol. The summed E-state index contributed by atoms with van der Waals surface area (Å²) in [6.45, 7) is 1.77. The van der Waals surface area contributed by atoms with E-state index in [0.717, 1.165) is 5.56 Å². The molecule has 7 heteroatoms. The number of nitrogen functional groups attached to an aromatic ring is 1. The normalized spacial score (nSPS) is 11.3. The van der Waals surface area contributed by atoms with Crippen LogP contribution in [0, 0.1) is 12.7 Å². The van der Waals surface area contributed by atoms with Gasteiger partial charge in [-0.2, -0.15) is 0 Å². The lowest BCUT2D eigenvalue weighted by molar-refractivity contribution is 0.598. The summed E-state index contributed by atoms with van der Waals surface area (Å²) in [6, 6.07) is 8.54. The zero-order chi connectivity index (χ0) is 14.9. The first-order chi connectivity index (χ1) is 9.25. The zero-order valence-electron chi connectivity index (χ0n) is 10.7. The number of hydrogen-bond donors (Lipinski definition) is 3. The van der Waals surface area contributed by atoms with Crippen molar-refractivity contribution < 1.29 is 12.8 Å². The number of benzene rings is 2. The summed E-state index contributed by atoms with van der Waals surface area (Å²) >= 11 is 0. The lowest BCUT2D eigenvalue weighted by Crippen LogP contribution is -2.12. The Morgan fingerprint density at radius 3 is 2.40 bits per heavy atom. The van der Waals surface area contributed by atoms with Crippen LogP contribution >= 0.6 is 0 Å². The molecule has 0 heterocycles. The molecule has 0 atom stereocenters. The van der Waals surface area contributed by atoms with Crippen LogP contribution in [0.4, 0.5) is 21.5 Å². The molecule has 20 heavy (non-hydrogen) atoms. The summed E-state index contributed by atoms with van der Waals surface area (Å²) in [5.74, 6) is -0.368. The quantitative estimate of drug-likeness (QED) is 0.755. The minimum Gasteiger partial charge on any atom is -0.397 e. The van der Waals surface area contributed by atoms with Gasteiger partial charge in [-0.25, -0.2) is 17.9 Å². The highest BCUT2D eigenvalue weighted by Gasteiger charge is 2.10. The number of anilines is 3. The van der Waals surface area contributed by atoms with Crippen molar-refractivity contribution in [2.24, 2.45) is 5.14 Å². The first-order valence-corrected chi connectivity index (χ1v) is 7.27. The highest BCUT2D eigenvalue weighted by Crippen LogP contribution is 2.26. The van der Waals surface area contributed by atoms with Crippen molar-refractivity contribution in [2.75, 3.05) is 11.1 Å². The van der Waals surface area contributed by atoms with E-state index in [1.54, 1.807) is 13.0 Å². The summed E-state index contributed by atoms with van der Waals surface area (Å²) in [6.07, 6.45) is 0. The van der Waals surface area contributed by atoms with Crippen molar-refractivity contribution in [3.63, 3.8) is 0 Å². The highest BCUT2D eigenvalue weighted by atomic mass is 32.2. The molecule has 0 aliphatic carbocycles. The Labute approximate surface area is 116 Å². The second-order valence-electron chi connectivity index (χ2n) is 4.44. The molecule has 0 spiro atoms. The molecule has 0 aromatic heterocycles. The maximum absolute atomic E-state index is 13.3. The average Bonchev–Trinajstić information content (AvgIpc) is 2.29. The summed E-state index contributed by atoms with van der Waals surface area (Å²) in [5, 5.41) is 7.95. The van der Waals surface area contributed by atoms with Crippen molar-refractivity contribution >= 4 is 27.1 Å².